The molecule has 0 saturated carbocycles. The number of nitrogens with zero attached hydrogens (tertiary/aromatic N) is 6. The standard InChI is InChI=1S/C11H20N6S2/c1-10(2)3-4-11-9-17(16-14-11)6-8-19-18-7-5-13-15-12/h9-10H,3-8H2,1-2H3. The zero-order valence-corrected chi connectivity index (χ0v) is 13.0. The lowest BCUT2D eigenvalue weighted by Crippen LogP contribution is -2.00. The Balaban J connectivity index is 2.11. The van der Waals surface area contributed by atoms with Gasteiger partial charge in [-0.1, -0.05) is 45.8 Å². The molecule has 106 valence electrons. The fourth-order valence-corrected chi connectivity index (χ4v) is 3.18. The van der Waals surface area contributed by atoms with Crippen molar-refractivity contribution in [1.82, 2.24) is 15.0 Å². The molecule has 0 unspecified atom stereocenters. The third-order valence-electron chi connectivity index (χ3n) is 2.39. The first kappa shape index (κ1) is 16.2. The van der Waals surface area contributed by atoms with Gasteiger partial charge in [0.1, 0.15) is 0 Å². The SMILES string of the molecule is CC(C)CCc1cn(CCSSCCN=[N+]=[N-])nn1. The lowest BCUT2D eigenvalue weighted by atomic mass is 10.1. The van der Waals surface area contributed by atoms with Gasteiger partial charge >= 0.3 is 0 Å². The molecule has 0 aliphatic rings. The second-order valence-corrected chi connectivity index (χ2v) is 7.21. The molecule has 6 nitrogen and oxygen atoms in total. The van der Waals surface area contributed by atoms with Crippen molar-refractivity contribution in [1.29, 1.82) is 0 Å². The van der Waals surface area contributed by atoms with E-state index in [1.807, 2.05) is 10.9 Å². The van der Waals surface area contributed by atoms with E-state index in [2.05, 4.69) is 34.2 Å². The van der Waals surface area contributed by atoms with Crippen LogP contribution < -0.4 is 0 Å². The highest BCUT2D eigenvalue weighted by Gasteiger charge is 2.02. The van der Waals surface area contributed by atoms with Crippen LogP contribution in [0.25, 0.3) is 10.4 Å². The minimum absolute atomic E-state index is 0.552. The van der Waals surface area contributed by atoms with Crippen LogP contribution in [0.2, 0.25) is 0 Å². The molecule has 0 aromatic carbocycles. The number of hydrogen-bond donors (Lipinski definition) is 0. The van der Waals surface area contributed by atoms with Gasteiger partial charge in [-0.25, -0.2) is 0 Å². The van der Waals surface area contributed by atoms with Crippen molar-refractivity contribution in [2.24, 2.45) is 11.0 Å². The second-order valence-electron chi connectivity index (χ2n) is 4.50. The Morgan fingerprint density at radius 1 is 1.42 bits per heavy atom. The van der Waals surface area contributed by atoms with Gasteiger partial charge < -0.3 is 0 Å². The molecule has 0 aliphatic carbocycles. The minimum atomic E-state index is 0.552. The van der Waals surface area contributed by atoms with Crippen molar-refractivity contribution in [2.45, 2.75) is 33.2 Å². The van der Waals surface area contributed by atoms with Gasteiger partial charge in [-0.15, -0.1) is 5.10 Å². The van der Waals surface area contributed by atoms with Gasteiger partial charge in [-0.05, 0) is 24.3 Å². The van der Waals surface area contributed by atoms with Gasteiger partial charge in [-0.2, -0.15) is 0 Å². The predicted molar refractivity (Wildman–Crippen MR) is 82.1 cm³/mol. The van der Waals surface area contributed by atoms with E-state index in [0.717, 1.165) is 36.6 Å². The van der Waals surface area contributed by atoms with E-state index in [1.54, 1.807) is 21.6 Å². The second kappa shape index (κ2) is 10.00. The van der Waals surface area contributed by atoms with Gasteiger partial charge in [-0.3, -0.25) is 4.68 Å². The van der Waals surface area contributed by atoms with Crippen molar-refractivity contribution in [2.75, 3.05) is 18.1 Å². The fourth-order valence-electron chi connectivity index (χ4n) is 1.37. The highest BCUT2D eigenvalue weighted by molar-refractivity contribution is 8.76. The first-order chi connectivity index (χ1) is 9.22. The Labute approximate surface area is 121 Å². The average molecular weight is 300 g/mol. The molecule has 0 amide bonds. The van der Waals surface area contributed by atoms with E-state index in [0.29, 0.717) is 12.5 Å². The molecule has 1 heterocycles. The third-order valence-corrected chi connectivity index (χ3v) is 4.75. The summed E-state index contributed by atoms with van der Waals surface area (Å²) in [5.74, 6) is 2.53. The summed E-state index contributed by atoms with van der Waals surface area (Å²) in [7, 11) is 3.49. The van der Waals surface area contributed by atoms with E-state index in [-0.39, 0.29) is 0 Å². The molecular formula is C11H20N6S2. The summed E-state index contributed by atoms with van der Waals surface area (Å²) in [5.41, 5.74) is 9.20. The van der Waals surface area contributed by atoms with E-state index in [1.165, 1.54) is 0 Å². The predicted octanol–water partition coefficient (Wildman–Crippen LogP) is 3.56. The zero-order valence-electron chi connectivity index (χ0n) is 11.4. The summed E-state index contributed by atoms with van der Waals surface area (Å²) >= 11 is 0. The summed E-state index contributed by atoms with van der Waals surface area (Å²) in [6.07, 6.45) is 4.20. The van der Waals surface area contributed by atoms with Crippen LogP contribution in [0.15, 0.2) is 11.3 Å². The molecule has 1 aromatic heterocycles. The molecule has 0 bridgehead atoms. The van der Waals surface area contributed by atoms with Crippen LogP contribution in [0.5, 0.6) is 0 Å². The Bertz CT molecular complexity index is 400. The van der Waals surface area contributed by atoms with Crippen LogP contribution in [0.3, 0.4) is 0 Å². The third kappa shape index (κ3) is 8.02. The molecule has 1 rings (SSSR count). The van der Waals surface area contributed by atoms with E-state index >= 15 is 0 Å². The van der Waals surface area contributed by atoms with Crippen LogP contribution in [0.1, 0.15) is 26.0 Å². The zero-order chi connectivity index (χ0) is 13.9. The summed E-state index contributed by atoms with van der Waals surface area (Å²) < 4.78 is 1.90. The largest absolute Gasteiger partial charge is 0.251 e. The van der Waals surface area contributed by atoms with Gasteiger partial charge in [0.2, 0.25) is 0 Å². The molecule has 0 spiro atoms. The lowest BCUT2D eigenvalue weighted by molar-refractivity contribution is 0.580. The normalized spacial score (nSPS) is 10.7. The lowest BCUT2D eigenvalue weighted by Gasteiger charge is -2.00. The van der Waals surface area contributed by atoms with Gasteiger partial charge in [0.15, 0.2) is 0 Å². The van der Waals surface area contributed by atoms with Crippen molar-refractivity contribution in [3.63, 3.8) is 0 Å². The Kier molecular flexibility index (Phi) is 8.53. The number of hydrogen-bond acceptors (Lipinski definition) is 5. The first-order valence-corrected chi connectivity index (χ1v) is 8.85. The number of aromatic nitrogens is 3. The minimum Gasteiger partial charge on any atom is -0.251 e. The van der Waals surface area contributed by atoms with E-state index in [9.17, 15) is 0 Å². The van der Waals surface area contributed by atoms with Crippen LogP contribution >= 0.6 is 21.6 Å². The topological polar surface area (TPSA) is 79.5 Å². The Hall–Kier alpha value is -0.850. The maximum absolute atomic E-state index is 8.12. The number of aryl methyl sites for hydroxylation is 2. The van der Waals surface area contributed by atoms with E-state index in [4.69, 9.17) is 5.53 Å². The average Bonchev–Trinajstić information content (AvgIpc) is 2.83. The quantitative estimate of drug-likeness (QED) is 0.217. The smallest absolute Gasteiger partial charge is 0.0827 e. The Morgan fingerprint density at radius 3 is 2.95 bits per heavy atom. The molecule has 0 fully saturated rings. The number of azide groups is 1. The Morgan fingerprint density at radius 2 is 2.21 bits per heavy atom. The molecule has 19 heavy (non-hydrogen) atoms. The van der Waals surface area contributed by atoms with Gasteiger partial charge in [0, 0.05) is 29.2 Å². The molecule has 8 heteroatoms. The molecule has 0 radical (unpaired) electrons. The molecule has 0 atom stereocenters. The first-order valence-electron chi connectivity index (χ1n) is 6.36. The van der Waals surface area contributed by atoms with Crippen LogP contribution in [0.4, 0.5) is 0 Å². The monoisotopic (exact) mass is 300 g/mol. The molecular weight excluding hydrogens is 280 g/mol. The summed E-state index contributed by atoms with van der Waals surface area (Å²) in [5, 5.41) is 11.8. The van der Waals surface area contributed by atoms with Gasteiger partial charge in [0.05, 0.1) is 12.2 Å². The maximum Gasteiger partial charge on any atom is 0.0827 e. The molecule has 0 aliphatic heterocycles. The summed E-state index contributed by atoms with van der Waals surface area (Å²) in [4.78, 5) is 2.71. The fraction of sp³-hybridized carbons (Fsp3) is 0.818. The molecule has 0 N–H and O–H groups in total. The molecule has 0 saturated heterocycles. The number of rotatable bonds is 10. The van der Waals surface area contributed by atoms with E-state index < -0.39 is 0 Å². The summed E-state index contributed by atoms with van der Waals surface area (Å²) in [6, 6.07) is 0. The highest BCUT2D eigenvalue weighted by atomic mass is 33.1. The van der Waals surface area contributed by atoms with Crippen LogP contribution in [0, 0.1) is 5.92 Å². The van der Waals surface area contributed by atoms with Crippen molar-refractivity contribution in [3.8, 4) is 0 Å². The van der Waals surface area contributed by atoms with Gasteiger partial charge in [0.25, 0.3) is 0 Å². The van der Waals surface area contributed by atoms with Crippen molar-refractivity contribution < 1.29 is 0 Å². The summed E-state index contributed by atoms with van der Waals surface area (Å²) in [6.45, 7) is 5.86. The van der Waals surface area contributed by atoms with Crippen LogP contribution in [-0.4, -0.2) is 33.0 Å². The van der Waals surface area contributed by atoms with Crippen molar-refractivity contribution >= 4 is 21.6 Å². The van der Waals surface area contributed by atoms with Crippen LogP contribution in [-0.2, 0) is 13.0 Å². The highest BCUT2D eigenvalue weighted by Crippen LogP contribution is 2.20. The maximum atomic E-state index is 8.12. The van der Waals surface area contributed by atoms with Crippen molar-refractivity contribution in [3.05, 3.63) is 22.3 Å². The molecule has 1 aromatic rings.